The van der Waals surface area contributed by atoms with E-state index in [2.05, 4.69) is 52.6 Å². The first-order chi connectivity index (χ1) is 11.3. The van der Waals surface area contributed by atoms with Crippen LogP contribution >= 0.6 is 0 Å². The number of hydrogen-bond acceptors (Lipinski definition) is 7. The Morgan fingerprint density at radius 3 is 2.46 bits per heavy atom. The smallest absolute Gasteiger partial charge is 0.243 e. The summed E-state index contributed by atoms with van der Waals surface area (Å²) in [7, 11) is 0. The molecule has 1 aliphatic heterocycles. The van der Waals surface area contributed by atoms with Crippen molar-refractivity contribution in [2.24, 2.45) is 0 Å². The fourth-order valence-corrected chi connectivity index (χ4v) is 2.87. The highest BCUT2D eigenvalue weighted by Gasteiger charge is 2.26. The summed E-state index contributed by atoms with van der Waals surface area (Å²) < 4.78 is 11.2. The van der Waals surface area contributed by atoms with E-state index in [9.17, 15) is 0 Å². The molecule has 3 rings (SSSR count). The number of oxazole rings is 1. The molecule has 0 saturated carbocycles. The second kappa shape index (κ2) is 6.64. The van der Waals surface area contributed by atoms with E-state index in [4.69, 9.17) is 8.94 Å². The molecule has 0 N–H and O–H groups in total. The summed E-state index contributed by atoms with van der Waals surface area (Å²) in [5.41, 5.74) is 0.00157. The molecule has 7 heteroatoms. The third-order valence-corrected chi connectivity index (χ3v) is 4.51. The third kappa shape index (κ3) is 3.84. The van der Waals surface area contributed by atoms with Crippen LogP contribution in [0.25, 0.3) is 0 Å². The minimum Gasteiger partial charge on any atom is -0.444 e. The molecule has 0 aliphatic carbocycles. The van der Waals surface area contributed by atoms with E-state index in [0.717, 1.165) is 44.4 Å². The Bertz CT molecular complexity index is 665. The average Bonchev–Trinajstić information content (AvgIpc) is 3.16. The lowest BCUT2D eigenvalue weighted by Gasteiger charge is -2.36. The van der Waals surface area contributed by atoms with Gasteiger partial charge in [0.25, 0.3) is 0 Å². The maximum absolute atomic E-state index is 5.90. The molecule has 0 bridgehead atoms. The molecule has 1 saturated heterocycles. The number of rotatable bonds is 4. The zero-order valence-electron chi connectivity index (χ0n) is 15.2. The summed E-state index contributed by atoms with van der Waals surface area (Å²) in [5.74, 6) is 3.13. The zero-order chi connectivity index (χ0) is 17.3. The van der Waals surface area contributed by atoms with Crippen LogP contribution in [-0.4, -0.2) is 51.1 Å². The lowest BCUT2D eigenvalue weighted by Crippen LogP contribution is -2.46. The van der Waals surface area contributed by atoms with Crippen molar-refractivity contribution in [3.8, 4) is 0 Å². The fraction of sp³-hybridized carbons (Fsp3) is 0.706. The number of aromatic nitrogens is 3. The van der Waals surface area contributed by atoms with Gasteiger partial charge in [-0.25, -0.2) is 4.98 Å². The van der Waals surface area contributed by atoms with E-state index in [1.807, 2.05) is 13.1 Å². The molecule has 1 atom stereocenters. The highest BCUT2D eigenvalue weighted by molar-refractivity contribution is 5.06. The Morgan fingerprint density at radius 2 is 1.92 bits per heavy atom. The SMILES string of the molecule is Cc1noc(C(C)N2CCN(Cc3ncc(C(C)(C)C)o3)CC2)n1. The van der Waals surface area contributed by atoms with Crippen LogP contribution in [0.2, 0.25) is 0 Å². The highest BCUT2D eigenvalue weighted by Crippen LogP contribution is 2.24. The predicted molar refractivity (Wildman–Crippen MR) is 89.5 cm³/mol. The van der Waals surface area contributed by atoms with Gasteiger partial charge in [-0.2, -0.15) is 4.98 Å². The molecule has 132 valence electrons. The van der Waals surface area contributed by atoms with Crippen LogP contribution in [-0.2, 0) is 12.0 Å². The normalized spacial score (nSPS) is 18.9. The lowest BCUT2D eigenvalue weighted by molar-refractivity contribution is 0.0793. The number of nitrogens with zero attached hydrogens (tertiary/aromatic N) is 5. The van der Waals surface area contributed by atoms with E-state index in [0.29, 0.717) is 11.7 Å². The predicted octanol–water partition coefficient (Wildman–Crippen LogP) is 2.54. The summed E-state index contributed by atoms with van der Waals surface area (Å²) in [6, 6.07) is 0.155. The third-order valence-electron chi connectivity index (χ3n) is 4.51. The Morgan fingerprint density at radius 1 is 1.21 bits per heavy atom. The van der Waals surface area contributed by atoms with Crippen LogP contribution in [0.5, 0.6) is 0 Å². The monoisotopic (exact) mass is 333 g/mol. The van der Waals surface area contributed by atoms with Crippen LogP contribution in [0.15, 0.2) is 15.1 Å². The maximum Gasteiger partial charge on any atom is 0.243 e. The molecule has 7 nitrogen and oxygen atoms in total. The van der Waals surface area contributed by atoms with Gasteiger partial charge in [0.15, 0.2) is 5.82 Å². The Hall–Kier alpha value is -1.73. The molecule has 3 heterocycles. The molecule has 0 radical (unpaired) electrons. The van der Waals surface area contributed by atoms with Crippen LogP contribution in [0.3, 0.4) is 0 Å². The summed E-state index contributed by atoms with van der Waals surface area (Å²) in [6.07, 6.45) is 1.85. The number of aryl methyl sites for hydroxylation is 1. The average molecular weight is 333 g/mol. The molecule has 2 aromatic rings. The van der Waals surface area contributed by atoms with Gasteiger partial charge in [-0.05, 0) is 13.8 Å². The minimum absolute atomic E-state index is 0.00157. The van der Waals surface area contributed by atoms with Crippen LogP contribution in [0.4, 0.5) is 0 Å². The van der Waals surface area contributed by atoms with Crippen molar-refractivity contribution in [2.45, 2.75) is 52.6 Å². The standard InChI is InChI=1S/C17H27N5O2/c1-12(16-19-13(2)20-24-16)22-8-6-21(7-9-22)11-15-18-10-14(23-15)17(3,4)5/h10,12H,6-9,11H2,1-5H3. The summed E-state index contributed by atoms with van der Waals surface area (Å²) in [5, 5.41) is 3.88. The van der Waals surface area contributed by atoms with Crippen molar-refractivity contribution in [1.82, 2.24) is 24.9 Å². The molecular formula is C17H27N5O2. The van der Waals surface area contributed by atoms with Gasteiger partial charge in [0.1, 0.15) is 5.76 Å². The lowest BCUT2D eigenvalue weighted by atomic mass is 9.94. The Kier molecular flexibility index (Phi) is 4.73. The second-order valence-electron chi connectivity index (χ2n) is 7.54. The molecular weight excluding hydrogens is 306 g/mol. The zero-order valence-corrected chi connectivity index (χ0v) is 15.2. The quantitative estimate of drug-likeness (QED) is 0.851. The van der Waals surface area contributed by atoms with Gasteiger partial charge in [0, 0.05) is 31.6 Å². The molecule has 1 aliphatic rings. The molecule has 24 heavy (non-hydrogen) atoms. The highest BCUT2D eigenvalue weighted by atomic mass is 16.5. The van der Waals surface area contributed by atoms with Crippen molar-refractivity contribution in [2.75, 3.05) is 26.2 Å². The largest absolute Gasteiger partial charge is 0.444 e. The van der Waals surface area contributed by atoms with Crippen molar-refractivity contribution >= 4 is 0 Å². The first kappa shape index (κ1) is 17.1. The number of piperazine rings is 1. The van der Waals surface area contributed by atoms with Crippen molar-refractivity contribution < 1.29 is 8.94 Å². The molecule has 0 amide bonds. The van der Waals surface area contributed by atoms with Gasteiger partial charge >= 0.3 is 0 Å². The second-order valence-corrected chi connectivity index (χ2v) is 7.54. The van der Waals surface area contributed by atoms with E-state index >= 15 is 0 Å². The first-order valence-corrected chi connectivity index (χ1v) is 8.55. The summed E-state index contributed by atoms with van der Waals surface area (Å²) in [6.45, 7) is 15.0. The molecule has 0 aromatic carbocycles. The van der Waals surface area contributed by atoms with E-state index in [1.165, 1.54) is 0 Å². The minimum atomic E-state index is 0.00157. The van der Waals surface area contributed by atoms with Gasteiger partial charge in [0.2, 0.25) is 11.8 Å². The van der Waals surface area contributed by atoms with Gasteiger partial charge in [-0.1, -0.05) is 25.9 Å². The maximum atomic E-state index is 5.90. The Labute approximate surface area is 143 Å². The van der Waals surface area contributed by atoms with Crippen LogP contribution in [0, 0.1) is 6.92 Å². The first-order valence-electron chi connectivity index (χ1n) is 8.55. The molecule has 1 unspecified atom stereocenters. The fourth-order valence-electron chi connectivity index (χ4n) is 2.87. The van der Waals surface area contributed by atoms with Crippen molar-refractivity contribution in [1.29, 1.82) is 0 Å². The van der Waals surface area contributed by atoms with Gasteiger partial charge < -0.3 is 8.94 Å². The van der Waals surface area contributed by atoms with E-state index in [-0.39, 0.29) is 11.5 Å². The van der Waals surface area contributed by atoms with Crippen molar-refractivity contribution in [3.05, 3.63) is 29.6 Å². The van der Waals surface area contributed by atoms with Crippen LogP contribution < -0.4 is 0 Å². The molecule has 2 aromatic heterocycles. The Balaban J connectivity index is 1.53. The summed E-state index contributed by atoms with van der Waals surface area (Å²) >= 11 is 0. The van der Waals surface area contributed by atoms with Crippen molar-refractivity contribution in [3.63, 3.8) is 0 Å². The molecule has 1 fully saturated rings. The van der Waals surface area contributed by atoms with Gasteiger partial charge in [0.05, 0.1) is 18.8 Å². The topological polar surface area (TPSA) is 71.4 Å². The summed E-state index contributed by atoms with van der Waals surface area (Å²) in [4.78, 5) is 13.5. The van der Waals surface area contributed by atoms with Gasteiger partial charge in [-0.3, -0.25) is 9.80 Å². The van der Waals surface area contributed by atoms with Crippen LogP contribution in [0.1, 0.15) is 57.1 Å². The molecule has 0 spiro atoms. The van der Waals surface area contributed by atoms with Gasteiger partial charge in [-0.15, -0.1) is 0 Å². The van der Waals surface area contributed by atoms with E-state index in [1.54, 1.807) is 0 Å². The van der Waals surface area contributed by atoms with E-state index < -0.39 is 0 Å². The number of hydrogen-bond donors (Lipinski definition) is 0.